The van der Waals surface area contributed by atoms with Gasteiger partial charge in [-0.3, -0.25) is 0 Å². The summed E-state index contributed by atoms with van der Waals surface area (Å²) in [5.74, 6) is 0. The summed E-state index contributed by atoms with van der Waals surface area (Å²) in [5, 5.41) is 14.7. The van der Waals surface area contributed by atoms with E-state index >= 15 is 0 Å². The van der Waals surface area contributed by atoms with E-state index in [1.807, 2.05) is 5.38 Å². The molecule has 2 aromatic rings. The predicted octanol–water partition coefficient (Wildman–Crippen LogP) is 3.30. The number of aliphatic hydroxyl groups excluding tert-OH is 1. The predicted molar refractivity (Wildman–Crippen MR) is 75.9 cm³/mol. The summed E-state index contributed by atoms with van der Waals surface area (Å²) < 4.78 is 37.5. The van der Waals surface area contributed by atoms with Crippen LogP contribution in [-0.4, -0.2) is 22.7 Å². The maximum Gasteiger partial charge on any atom is 0.416 e. The van der Waals surface area contributed by atoms with Crippen LogP contribution < -0.4 is 5.32 Å². The second kappa shape index (κ2) is 6.55. The highest BCUT2D eigenvalue weighted by molar-refractivity contribution is 7.13. The van der Waals surface area contributed by atoms with Gasteiger partial charge >= 0.3 is 6.18 Å². The lowest BCUT2D eigenvalue weighted by Crippen LogP contribution is -2.23. The van der Waals surface area contributed by atoms with E-state index < -0.39 is 17.8 Å². The molecule has 0 saturated heterocycles. The fourth-order valence-electron chi connectivity index (χ4n) is 1.73. The van der Waals surface area contributed by atoms with Crippen LogP contribution >= 0.6 is 11.3 Å². The van der Waals surface area contributed by atoms with Gasteiger partial charge < -0.3 is 10.4 Å². The van der Waals surface area contributed by atoms with Crippen molar-refractivity contribution < 1.29 is 18.3 Å². The number of rotatable bonds is 5. The molecule has 0 radical (unpaired) electrons. The van der Waals surface area contributed by atoms with E-state index in [1.165, 1.54) is 23.5 Å². The summed E-state index contributed by atoms with van der Waals surface area (Å²) in [4.78, 5) is 4.36. The topological polar surface area (TPSA) is 45.1 Å². The number of halogens is 3. The quantitative estimate of drug-likeness (QED) is 0.889. The molecule has 7 heteroatoms. The van der Waals surface area contributed by atoms with Crippen LogP contribution in [0.15, 0.2) is 29.6 Å². The zero-order valence-electron chi connectivity index (χ0n) is 11.3. The molecule has 0 spiro atoms. The van der Waals surface area contributed by atoms with Gasteiger partial charge in [0.1, 0.15) is 5.01 Å². The Kier molecular flexibility index (Phi) is 4.97. The second-order valence-electron chi connectivity index (χ2n) is 4.70. The normalized spacial score (nSPS) is 13.4. The van der Waals surface area contributed by atoms with E-state index in [9.17, 15) is 13.2 Å². The maximum atomic E-state index is 12.5. The van der Waals surface area contributed by atoms with E-state index in [2.05, 4.69) is 10.3 Å². The first kappa shape index (κ1) is 15.9. The van der Waals surface area contributed by atoms with Gasteiger partial charge in [0.05, 0.1) is 17.4 Å². The SMILES string of the molecule is CC(O)CNCc1csc(-c2ccc(C(F)(F)F)cc2)n1. The smallest absolute Gasteiger partial charge is 0.392 e. The number of nitrogens with one attached hydrogen (secondary N) is 1. The standard InChI is InChI=1S/C14H15F3N2OS/c1-9(20)6-18-7-12-8-21-13(19-12)10-2-4-11(5-3-10)14(15,16)17/h2-5,8-9,18,20H,6-7H2,1H3. The van der Waals surface area contributed by atoms with Crippen LogP contribution in [0.5, 0.6) is 0 Å². The summed E-state index contributed by atoms with van der Waals surface area (Å²) in [6.07, 6.45) is -4.75. The molecule has 2 N–H and O–H groups in total. The van der Waals surface area contributed by atoms with E-state index in [4.69, 9.17) is 5.11 Å². The lowest BCUT2D eigenvalue weighted by Gasteiger charge is -2.06. The Hall–Kier alpha value is -1.44. The van der Waals surface area contributed by atoms with E-state index in [0.29, 0.717) is 23.7 Å². The van der Waals surface area contributed by atoms with Gasteiger partial charge in [0.2, 0.25) is 0 Å². The van der Waals surface area contributed by atoms with Crippen molar-refractivity contribution >= 4 is 11.3 Å². The number of aliphatic hydroxyl groups is 1. The lowest BCUT2D eigenvalue weighted by molar-refractivity contribution is -0.137. The van der Waals surface area contributed by atoms with Crippen molar-refractivity contribution in [2.45, 2.75) is 25.7 Å². The number of nitrogens with zero attached hydrogens (tertiary/aromatic N) is 1. The lowest BCUT2D eigenvalue weighted by atomic mass is 10.1. The Bertz CT molecular complexity index is 579. The third kappa shape index (κ3) is 4.52. The monoisotopic (exact) mass is 316 g/mol. The summed E-state index contributed by atoms with van der Waals surface area (Å²) in [5.41, 5.74) is 0.798. The van der Waals surface area contributed by atoms with Crippen molar-refractivity contribution in [1.29, 1.82) is 0 Å². The molecule has 0 saturated carbocycles. The molecule has 114 valence electrons. The van der Waals surface area contributed by atoms with Gasteiger partial charge in [-0.1, -0.05) is 12.1 Å². The minimum absolute atomic E-state index is 0.432. The third-order valence-corrected chi connectivity index (χ3v) is 3.70. The Morgan fingerprint density at radius 3 is 2.52 bits per heavy atom. The Morgan fingerprint density at radius 1 is 1.29 bits per heavy atom. The Morgan fingerprint density at radius 2 is 1.95 bits per heavy atom. The largest absolute Gasteiger partial charge is 0.416 e. The van der Waals surface area contributed by atoms with Crippen molar-refractivity contribution in [3.05, 3.63) is 40.9 Å². The van der Waals surface area contributed by atoms with Gasteiger partial charge in [0, 0.05) is 24.0 Å². The minimum Gasteiger partial charge on any atom is -0.392 e. The van der Waals surface area contributed by atoms with Crippen molar-refractivity contribution in [2.24, 2.45) is 0 Å². The van der Waals surface area contributed by atoms with Crippen LogP contribution in [0, 0.1) is 0 Å². The average Bonchev–Trinajstić information content (AvgIpc) is 2.86. The summed E-state index contributed by atoms with van der Waals surface area (Å²) in [7, 11) is 0. The molecule has 2 rings (SSSR count). The van der Waals surface area contributed by atoms with Crippen LogP contribution in [0.3, 0.4) is 0 Å². The molecule has 0 amide bonds. The first-order valence-corrected chi connectivity index (χ1v) is 7.25. The van der Waals surface area contributed by atoms with Gasteiger partial charge in [-0.15, -0.1) is 11.3 Å². The van der Waals surface area contributed by atoms with Crippen LogP contribution in [0.2, 0.25) is 0 Å². The van der Waals surface area contributed by atoms with Gasteiger partial charge in [-0.25, -0.2) is 4.98 Å². The maximum absolute atomic E-state index is 12.5. The number of benzene rings is 1. The summed E-state index contributed by atoms with van der Waals surface area (Å²) in [6, 6.07) is 4.97. The molecule has 3 nitrogen and oxygen atoms in total. The molecule has 21 heavy (non-hydrogen) atoms. The van der Waals surface area contributed by atoms with Crippen LogP contribution in [-0.2, 0) is 12.7 Å². The Labute approximate surface area is 124 Å². The molecule has 1 aromatic heterocycles. The molecular weight excluding hydrogens is 301 g/mol. The molecule has 1 heterocycles. The zero-order valence-corrected chi connectivity index (χ0v) is 12.1. The average molecular weight is 316 g/mol. The molecule has 0 aliphatic rings. The fourth-order valence-corrected chi connectivity index (χ4v) is 2.56. The van der Waals surface area contributed by atoms with Crippen LogP contribution in [0.1, 0.15) is 18.2 Å². The second-order valence-corrected chi connectivity index (χ2v) is 5.56. The highest BCUT2D eigenvalue weighted by atomic mass is 32.1. The molecule has 1 aromatic carbocycles. The summed E-state index contributed by atoms with van der Waals surface area (Å²) in [6.45, 7) is 2.66. The number of hydrogen-bond donors (Lipinski definition) is 2. The zero-order chi connectivity index (χ0) is 15.5. The minimum atomic E-state index is -4.32. The van der Waals surface area contributed by atoms with Gasteiger partial charge in [-0.2, -0.15) is 13.2 Å². The highest BCUT2D eigenvalue weighted by Crippen LogP contribution is 2.31. The van der Waals surface area contributed by atoms with Crippen LogP contribution in [0.25, 0.3) is 10.6 Å². The van der Waals surface area contributed by atoms with E-state index in [0.717, 1.165) is 17.8 Å². The summed E-state index contributed by atoms with van der Waals surface area (Å²) >= 11 is 1.38. The van der Waals surface area contributed by atoms with E-state index in [1.54, 1.807) is 6.92 Å². The number of aromatic nitrogens is 1. The van der Waals surface area contributed by atoms with Crippen molar-refractivity contribution in [3.8, 4) is 10.6 Å². The molecule has 1 atom stereocenters. The van der Waals surface area contributed by atoms with Gasteiger partial charge in [-0.05, 0) is 19.1 Å². The highest BCUT2D eigenvalue weighted by Gasteiger charge is 2.30. The van der Waals surface area contributed by atoms with Gasteiger partial charge in [0.15, 0.2) is 0 Å². The number of alkyl halides is 3. The third-order valence-electron chi connectivity index (χ3n) is 2.76. The number of hydrogen-bond acceptors (Lipinski definition) is 4. The fraction of sp³-hybridized carbons (Fsp3) is 0.357. The molecular formula is C14H15F3N2OS. The first-order valence-electron chi connectivity index (χ1n) is 6.37. The van der Waals surface area contributed by atoms with Crippen molar-refractivity contribution in [3.63, 3.8) is 0 Å². The van der Waals surface area contributed by atoms with Crippen molar-refractivity contribution in [1.82, 2.24) is 10.3 Å². The van der Waals surface area contributed by atoms with Crippen molar-refractivity contribution in [2.75, 3.05) is 6.54 Å². The van der Waals surface area contributed by atoms with Gasteiger partial charge in [0.25, 0.3) is 0 Å². The molecule has 1 unspecified atom stereocenters. The number of thiazole rings is 1. The van der Waals surface area contributed by atoms with E-state index in [-0.39, 0.29) is 0 Å². The first-order chi connectivity index (χ1) is 9.86. The molecule has 0 aliphatic carbocycles. The molecule has 0 fully saturated rings. The Balaban J connectivity index is 2.04. The molecule has 0 bridgehead atoms. The van der Waals surface area contributed by atoms with Crippen LogP contribution in [0.4, 0.5) is 13.2 Å². The molecule has 0 aliphatic heterocycles.